The second kappa shape index (κ2) is 5.14. The summed E-state index contributed by atoms with van der Waals surface area (Å²) in [5.74, 6) is 0.746. The molecule has 0 saturated carbocycles. The van der Waals surface area contributed by atoms with Crippen molar-refractivity contribution < 1.29 is 9.53 Å². The average Bonchev–Trinajstić information content (AvgIpc) is 2.79. The maximum absolute atomic E-state index is 12.0. The second-order valence-electron chi connectivity index (χ2n) is 4.45. The minimum Gasteiger partial charge on any atom is -0.497 e. The van der Waals surface area contributed by atoms with Crippen molar-refractivity contribution >= 4 is 5.91 Å². The molecule has 2 rings (SSSR count). The molecule has 0 N–H and O–H groups in total. The number of hydrogen-bond acceptors (Lipinski definition) is 3. The third-order valence-electron chi connectivity index (χ3n) is 2.96. The van der Waals surface area contributed by atoms with E-state index in [1.54, 1.807) is 37.0 Å². The molecule has 0 radical (unpaired) electrons. The van der Waals surface area contributed by atoms with E-state index in [1.165, 1.54) is 0 Å². The Morgan fingerprint density at radius 1 is 1.26 bits per heavy atom. The van der Waals surface area contributed by atoms with Crippen LogP contribution in [0.25, 0.3) is 5.69 Å². The highest BCUT2D eigenvalue weighted by Crippen LogP contribution is 2.18. The Bertz CT molecular complexity index is 585. The molecule has 2 aromatic rings. The Morgan fingerprint density at radius 3 is 2.42 bits per heavy atom. The fourth-order valence-corrected chi connectivity index (χ4v) is 1.84. The summed E-state index contributed by atoms with van der Waals surface area (Å²) in [7, 11) is 5.08. The van der Waals surface area contributed by atoms with E-state index in [4.69, 9.17) is 4.74 Å². The highest BCUT2D eigenvalue weighted by Gasteiger charge is 2.16. The van der Waals surface area contributed by atoms with Crippen molar-refractivity contribution in [1.29, 1.82) is 0 Å². The molecule has 19 heavy (non-hydrogen) atoms. The van der Waals surface area contributed by atoms with Gasteiger partial charge in [0.2, 0.25) is 0 Å². The summed E-state index contributed by atoms with van der Waals surface area (Å²) < 4.78 is 6.87. The first kappa shape index (κ1) is 13.1. The molecular weight excluding hydrogens is 242 g/mol. The number of rotatable bonds is 3. The third-order valence-corrected chi connectivity index (χ3v) is 2.96. The number of hydrogen-bond donors (Lipinski definition) is 0. The highest BCUT2D eigenvalue weighted by molar-refractivity contribution is 5.94. The van der Waals surface area contributed by atoms with E-state index in [1.807, 2.05) is 31.2 Å². The Kier molecular flexibility index (Phi) is 3.55. The number of nitrogens with zero attached hydrogens (tertiary/aromatic N) is 3. The molecule has 0 aliphatic heterocycles. The summed E-state index contributed by atoms with van der Waals surface area (Å²) in [6, 6.07) is 7.54. The molecule has 5 heteroatoms. The van der Waals surface area contributed by atoms with Gasteiger partial charge in [0.05, 0.1) is 30.3 Å². The smallest absolute Gasteiger partial charge is 0.256 e. The number of aromatic nitrogens is 2. The normalized spacial score (nSPS) is 10.3. The lowest BCUT2D eigenvalue weighted by Crippen LogP contribution is -2.22. The summed E-state index contributed by atoms with van der Waals surface area (Å²) in [5.41, 5.74) is 2.33. The molecule has 0 aliphatic rings. The Labute approximate surface area is 112 Å². The quantitative estimate of drug-likeness (QED) is 0.845. The zero-order valence-corrected chi connectivity index (χ0v) is 11.5. The van der Waals surface area contributed by atoms with E-state index in [0.29, 0.717) is 5.56 Å². The van der Waals surface area contributed by atoms with Crippen molar-refractivity contribution in [3.8, 4) is 11.4 Å². The van der Waals surface area contributed by atoms with Crippen molar-refractivity contribution in [2.75, 3.05) is 21.2 Å². The van der Waals surface area contributed by atoms with Gasteiger partial charge in [-0.25, -0.2) is 4.68 Å². The van der Waals surface area contributed by atoms with Crippen LogP contribution in [0.2, 0.25) is 0 Å². The Morgan fingerprint density at radius 2 is 1.89 bits per heavy atom. The molecule has 0 bridgehead atoms. The SMILES string of the molecule is COc1ccc(-n2ncc(C(=O)N(C)C)c2C)cc1. The molecule has 0 unspecified atom stereocenters. The van der Waals surface area contributed by atoms with Gasteiger partial charge >= 0.3 is 0 Å². The average molecular weight is 259 g/mol. The highest BCUT2D eigenvalue weighted by atomic mass is 16.5. The summed E-state index contributed by atoms with van der Waals surface area (Å²) in [5, 5.41) is 4.27. The Balaban J connectivity index is 2.38. The molecule has 1 amide bonds. The van der Waals surface area contributed by atoms with Crippen molar-refractivity contribution in [3.63, 3.8) is 0 Å². The first-order valence-electron chi connectivity index (χ1n) is 5.95. The number of ether oxygens (including phenoxy) is 1. The van der Waals surface area contributed by atoms with E-state index in [2.05, 4.69) is 5.10 Å². The van der Waals surface area contributed by atoms with Gasteiger partial charge in [-0.1, -0.05) is 0 Å². The Hall–Kier alpha value is -2.30. The number of carbonyl (C=O) groups excluding carboxylic acids is 1. The standard InChI is InChI=1S/C14H17N3O2/c1-10-13(14(18)16(2)3)9-15-17(10)11-5-7-12(19-4)8-6-11/h5-9H,1-4H3. The lowest BCUT2D eigenvalue weighted by atomic mass is 10.2. The van der Waals surface area contributed by atoms with E-state index < -0.39 is 0 Å². The van der Waals surface area contributed by atoms with Crippen molar-refractivity contribution in [3.05, 3.63) is 41.7 Å². The summed E-state index contributed by atoms with van der Waals surface area (Å²) in [6.45, 7) is 1.88. The van der Waals surface area contributed by atoms with Gasteiger partial charge in [-0.3, -0.25) is 4.79 Å². The van der Waals surface area contributed by atoms with Crippen LogP contribution in [-0.2, 0) is 0 Å². The van der Waals surface area contributed by atoms with Crippen LogP contribution in [0.15, 0.2) is 30.5 Å². The van der Waals surface area contributed by atoms with E-state index in [0.717, 1.165) is 17.1 Å². The number of methoxy groups -OCH3 is 1. The fraction of sp³-hybridized carbons (Fsp3) is 0.286. The monoisotopic (exact) mass is 259 g/mol. The molecule has 1 aromatic carbocycles. The van der Waals surface area contributed by atoms with E-state index in [9.17, 15) is 4.79 Å². The van der Waals surface area contributed by atoms with Gasteiger partial charge in [0, 0.05) is 14.1 Å². The topological polar surface area (TPSA) is 47.4 Å². The zero-order valence-electron chi connectivity index (χ0n) is 11.5. The van der Waals surface area contributed by atoms with E-state index >= 15 is 0 Å². The molecule has 0 saturated heterocycles. The van der Waals surface area contributed by atoms with Crippen LogP contribution in [0, 0.1) is 6.92 Å². The lowest BCUT2D eigenvalue weighted by Gasteiger charge is -2.10. The minimum atomic E-state index is -0.0442. The molecule has 1 aromatic heterocycles. The maximum atomic E-state index is 12.0. The molecule has 1 heterocycles. The number of benzene rings is 1. The minimum absolute atomic E-state index is 0.0442. The van der Waals surface area contributed by atoms with Gasteiger partial charge in [0.1, 0.15) is 5.75 Å². The summed E-state index contributed by atoms with van der Waals surface area (Å²) in [4.78, 5) is 13.5. The lowest BCUT2D eigenvalue weighted by molar-refractivity contribution is 0.0827. The summed E-state index contributed by atoms with van der Waals surface area (Å²) in [6.07, 6.45) is 1.60. The molecule has 100 valence electrons. The predicted octanol–water partition coefficient (Wildman–Crippen LogP) is 1.89. The molecule has 0 fully saturated rings. The first-order valence-corrected chi connectivity index (χ1v) is 5.95. The van der Waals surface area contributed by atoms with Crippen LogP contribution in [0.3, 0.4) is 0 Å². The molecule has 0 aliphatic carbocycles. The maximum Gasteiger partial charge on any atom is 0.256 e. The van der Waals surface area contributed by atoms with Gasteiger partial charge in [0.15, 0.2) is 0 Å². The van der Waals surface area contributed by atoms with Crippen molar-refractivity contribution in [2.45, 2.75) is 6.92 Å². The molecule has 0 atom stereocenters. The largest absolute Gasteiger partial charge is 0.497 e. The third kappa shape index (κ3) is 2.45. The number of carbonyl (C=O) groups is 1. The first-order chi connectivity index (χ1) is 9.04. The van der Waals surface area contributed by atoms with Crippen LogP contribution in [-0.4, -0.2) is 41.8 Å². The van der Waals surface area contributed by atoms with Gasteiger partial charge in [0.25, 0.3) is 5.91 Å². The molecular formula is C14H17N3O2. The van der Waals surface area contributed by atoms with Crippen LogP contribution in [0.4, 0.5) is 0 Å². The van der Waals surface area contributed by atoms with Crippen LogP contribution in [0.5, 0.6) is 5.75 Å². The molecule has 0 spiro atoms. The van der Waals surface area contributed by atoms with E-state index in [-0.39, 0.29) is 5.91 Å². The fourth-order valence-electron chi connectivity index (χ4n) is 1.84. The van der Waals surface area contributed by atoms with Crippen molar-refractivity contribution in [1.82, 2.24) is 14.7 Å². The van der Waals surface area contributed by atoms with Crippen molar-refractivity contribution in [2.24, 2.45) is 0 Å². The van der Waals surface area contributed by atoms with Gasteiger partial charge in [-0.05, 0) is 31.2 Å². The predicted molar refractivity (Wildman–Crippen MR) is 72.9 cm³/mol. The van der Waals surface area contributed by atoms with Gasteiger partial charge in [-0.15, -0.1) is 0 Å². The van der Waals surface area contributed by atoms with Crippen LogP contribution < -0.4 is 4.74 Å². The second-order valence-corrected chi connectivity index (χ2v) is 4.45. The summed E-state index contributed by atoms with van der Waals surface area (Å²) >= 11 is 0. The van der Waals surface area contributed by atoms with Gasteiger partial charge < -0.3 is 9.64 Å². The molecule has 5 nitrogen and oxygen atoms in total. The zero-order chi connectivity index (χ0) is 14.0. The van der Waals surface area contributed by atoms with Crippen LogP contribution >= 0.6 is 0 Å². The van der Waals surface area contributed by atoms with Crippen LogP contribution in [0.1, 0.15) is 16.1 Å². The van der Waals surface area contributed by atoms with Gasteiger partial charge in [-0.2, -0.15) is 5.10 Å². The number of amides is 1.